The van der Waals surface area contributed by atoms with Crippen molar-refractivity contribution >= 4 is 0 Å². The van der Waals surface area contributed by atoms with Crippen LogP contribution in [0.1, 0.15) is 19.8 Å². The molecule has 0 bridgehead atoms. The Morgan fingerprint density at radius 1 is 1.60 bits per heavy atom. The third kappa shape index (κ3) is 1.90. The summed E-state index contributed by atoms with van der Waals surface area (Å²) < 4.78 is 0. The summed E-state index contributed by atoms with van der Waals surface area (Å²) in [4.78, 5) is 2.21. The van der Waals surface area contributed by atoms with E-state index in [9.17, 15) is 0 Å². The molecular weight excluding hydrogens is 122 g/mol. The topological polar surface area (TPSA) is 3.24 Å². The second-order valence-corrected chi connectivity index (χ2v) is 2.83. The van der Waals surface area contributed by atoms with Crippen LogP contribution < -0.4 is 0 Å². The van der Waals surface area contributed by atoms with E-state index in [0.29, 0.717) is 0 Å². The molecule has 10 heavy (non-hydrogen) atoms. The first-order valence-electron chi connectivity index (χ1n) is 3.89. The lowest BCUT2D eigenvalue weighted by Crippen LogP contribution is -2.16. The van der Waals surface area contributed by atoms with E-state index in [1.54, 1.807) is 5.57 Å². The zero-order valence-corrected chi connectivity index (χ0v) is 6.80. The minimum absolute atomic E-state index is 1.12. The van der Waals surface area contributed by atoms with Gasteiger partial charge in [-0.3, -0.25) is 0 Å². The maximum atomic E-state index is 2.23. The van der Waals surface area contributed by atoms with Gasteiger partial charge in [-0.15, -0.1) is 0 Å². The highest BCUT2D eigenvalue weighted by Gasteiger charge is 2.00. The van der Waals surface area contributed by atoms with Crippen molar-refractivity contribution in [1.82, 2.24) is 4.90 Å². The van der Waals surface area contributed by atoms with Gasteiger partial charge in [0.1, 0.15) is 0 Å². The van der Waals surface area contributed by atoms with Crippen molar-refractivity contribution in [2.45, 2.75) is 19.8 Å². The van der Waals surface area contributed by atoms with Crippen LogP contribution in [0.2, 0.25) is 0 Å². The lowest BCUT2D eigenvalue weighted by molar-refractivity contribution is 0.481. The largest absolute Gasteiger partial charge is 0.376 e. The van der Waals surface area contributed by atoms with E-state index in [-0.39, 0.29) is 0 Å². The van der Waals surface area contributed by atoms with Crippen LogP contribution in [0.15, 0.2) is 23.9 Å². The molecule has 0 radical (unpaired) electrons. The molecule has 1 aliphatic rings. The summed E-state index contributed by atoms with van der Waals surface area (Å²) in [7, 11) is 2.11. The molecule has 1 heterocycles. The number of nitrogens with zero attached hydrogens (tertiary/aromatic N) is 1. The molecule has 1 rings (SSSR count). The Kier molecular flexibility index (Phi) is 2.55. The van der Waals surface area contributed by atoms with Gasteiger partial charge in [0.2, 0.25) is 0 Å². The van der Waals surface area contributed by atoms with E-state index >= 15 is 0 Å². The molecule has 0 saturated carbocycles. The van der Waals surface area contributed by atoms with Gasteiger partial charge < -0.3 is 4.90 Å². The molecule has 0 spiro atoms. The summed E-state index contributed by atoms with van der Waals surface area (Å²) >= 11 is 0. The van der Waals surface area contributed by atoms with Crippen LogP contribution >= 0.6 is 0 Å². The molecule has 0 N–H and O–H groups in total. The molecule has 0 fully saturated rings. The number of rotatable bonds is 2. The van der Waals surface area contributed by atoms with E-state index in [4.69, 9.17) is 0 Å². The molecule has 0 unspecified atom stereocenters. The summed E-state index contributed by atoms with van der Waals surface area (Å²) in [6.45, 7) is 3.34. The predicted octanol–water partition coefficient (Wildman–Crippen LogP) is 2.17. The summed E-state index contributed by atoms with van der Waals surface area (Å²) in [5.41, 5.74) is 1.55. The zero-order valence-electron chi connectivity index (χ0n) is 6.80. The Balaban J connectivity index is 2.45. The first-order valence-corrected chi connectivity index (χ1v) is 3.89. The van der Waals surface area contributed by atoms with Gasteiger partial charge in [-0.05, 0) is 18.7 Å². The Morgan fingerprint density at radius 3 is 3.00 bits per heavy atom. The average molecular weight is 137 g/mol. The van der Waals surface area contributed by atoms with Gasteiger partial charge in [0.15, 0.2) is 0 Å². The lowest BCUT2D eigenvalue weighted by atomic mass is 10.1. The first-order chi connectivity index (χ1) is 4.83. The fraction of sp³-hybridized carbons (Fsp3) is 0.556. The van der Waals surface area contributed by atoms with Crippen molar-refractivity contribution in [3.63, 3.8) is 0 Å². The molecule has 1 heteroatoms. The van der Waals surface area contributed by atoms with E-state index in [1.807, 2.05) is 0 Å². The Bertz CT molecular complexity index is 156. The molecule has 0 atom stereocenters. The molecule has 0 amide bonds. The van der Waals surface area contributed by atoms with Crippen LogP contribution in [0.25, 0.3) is 0 Å². The number of hydrogen-bond donors (Lipinski definition) is 0. The van der Waals surface area contributed by atoms with Gasteiger partial charge in [0, 0.05) is 13.6 Å². The molecular formula is C9H15N. The maximum absolute atomic E-state index is 2.23. The van der Waals surface area contributed by atoms with Crippen molar-refractivity contribution in [2.24, 2.45) is 0 Å². The molecule has 0 aromatic heterocycles. The standard InChI is InChI=1S/C9H15N/c1-3-5-9-6-4-7-10(2)8-9/h4,6-7H,3,5,8H2,1-2H3. The van der Waals surface area contributed by atoms with Crippen molar-refractivity contribution in [2.75, 3.05) is 13.6 Å². The SMILES string of the molecule is CCCC1=CC=CN(C)C1. The number of allylic oxidation sites excluding steroid dienone is 2. The molecule has 1 nitrogen and oxygen atoms in total. The van der Waals surface area contributed by atoms with Gasteiger partial charge in [-0.1, -0.05) is 25.0 Å². The Labute approximate surface area is 63.0 Å². The van der Waals surface area contributed by atoms with Gasteiger partial charge in [-0.25, -0.2) is 0 Å². The molecule has 1 aliphatic heterocycles. The van der Waals surface area contributed by atoms with E-state index in [2.05, 4.69) is 37.2 Å². The van der Waals surface area contributed by atoms with Crippen LogP contribution in [0.3, 0.4) is 0 Å². The Morgan fingerprint density at radius 2 is 2.40 bits per heavy atom. The van der Waals surface area contributed by atoms with Crippen molar-refractivity contribution in [3.05, 3.63) is 23.9 Å². The average Bonchev–Trinajstić information content (AvgIpc) is 1.88. The normalized spacial score (nSPS) is 17.4. The zero-order chi connectivity index (χ0) is 7.40. The van der Waals surface area contributed by atoms with Crippen LogP contribution in [-0.4, -0.2) is 18.5 Å². The van der Waals surface area contributed by atoms with Gasteiger partial charge in [-0.2, -0.15) is 0 Å². The predicted molar refractivity (Wildman–Crippen MR) is 44.8 cm³/mol. The minimum atomic E-state index is 1.12. The van der Waals surface area contributed by atoms with Gasteiger partial charge in [0.05, 0.1) is 0 Å². The van der Waals surface area contributed by atoms with Crippen LogP contribution in [-0.2, 0) is 0 Å². The number of likely N-dealkylation sites (N-methyl/N-ethyl adjacent to an activating group) is 1. The highest BCUT2D eigenvalue weighted by Crippen LogP contribution is 2.10. The first kappa shape index (κ1) is 7.39. The van der Waals surface area contributed by atoms with Crippen molar-refractivity contribution in [3.8, 4) is 0 Å². The maximum Gasteiger partial charge on any atom is 0.0383 e. The Hall–Kier alpha value is -0.720. The second-order valence-electron chi connectivity index (χ2n) is 2.83. The smallest absolute Gasteiger partial charge is 0.0383 e. The van der Waals surface area contributed by atoms with E-state index in [1.165, 1.54) is 12.8 Å². The highest BCUT2D eigenvalue weighted by atomic mass is 15.1. The second kappa shape index (κ2) is 3.45. The highest BCUT2D eigenvalue weighted by molar-refractivity contribution is 5.18. The van der Waals surface area contributed by atoms with E-state index in [0.717, 1.165) is 6.54 Å². The number of hydrogen-bond acceptors (Lipinski definition) is 1. The fourth-order valence-corrected chi connectivity index (χ4v) is 1.24. The van der Waals surface area contributed by atoms with Crippen molar-refractivity contribution in [1.29, 1.82) is 0 Å². The summed E-state index contributed by atoms with van der Waals surface area (Å²) in [5, 5.41) is 0. The quantitative estimate of drug-likeness (QED) is 0.564. The van der Waals surface area contributed by atoms with Crippen LogP contribution in [0.5, 0.6) is 0 Å². The molecule has 56 valence electrons. The summed E-state index contributed by atoms with van der Waals surface area (Å²) in [6, 6.07) is 0. The lowest BCUT2D eigenvalue weighted by Gasteiger charge is -2.19. The third-order valence-corrected chi connectivity index (χ3v) is 1.70. The third-order valence-electron chi connectivity index (χ3n) is 1.70. The molecule has 0 aliphatic carbocycles. The molecule has 0 saturated heterocycles. The van der Waals surface area contributed by atoms with Crippen LogP contribution in [0.4, 0.5) is 0 Å². The van der Waals surface area contributed by atoms with Gasteiger partial charge >= 0.3 is 0 Å². The summed E-state index contributed by atoms with van der Waals surface area (Å²) in [6.07, 6.45) is 8.96. The van der Waals surface area contributed by atoms with Crippen LogP contribution in [0, 0.1) is 0 Å². The molecule has 0 aromatic rings. The van der Waals surface area contributed by atoms with E-state index < -0.39 is 0 Å². The monoisotopic (exact) mass is 137 g/mol. The fourth-order valence-electron chi connectivity index (χ4n) is 1.24. The summed E-state index contributed by atoms with van der Waals surface area (Å²) in [5.74, 6) is 0. The van der Waals surface area contributed by atoms with Crippen molar-refractivity contribution < 1.29 is 0 Å². The minimum Gasteiger partial charge on any atom is -0.376 e. The van der Waals surface area contributed by atoms with Gasteiger partial charge in [0.25, 0.3) is 0 Å². The molecule has 0 aromatic carbocycles.